The number of nitro groups is 2. The SMILES string of the molecule is C=C1/C(=C/Sc2ccccc2[N+](=O)[O-])[C@@H]2O[C@H]1C1=C2CC[C@H](C(C)=O)[C@H]1Sc1ccccc1[N+](=O)[O-]. The molecule has 0 spiro atoms. The van der Waals surface area contributed by atoms with Crippen molar-refractivity contribution in [3.05, 3.63) is 103 Å². The minimum Gasteiger partial charge on any atom is -0.357 e. The van der Waals surface area contributed by atoms with Crippen LogP contribution >= 0.6 is 23.5 Å². The van der Waals surface area contributed by atoms with Crippen molar-refractivity contribution in [2.24, 2.45) is 5.92 Å². The van der Waals surface area contributed by atoms with Crippen molar-refractivity contribution in [1.82, 2.24) is 0 Å². The third-order valence-electron chi connectivity index (χ3n) is 6.82. The van der Waals surface area contributed by atoms with Gasteiger partial charge < -0.3 is 4.74 Å². The number of hydrogen-bond acceptors (Lipinski definition) is 8. The highest BCUT2D eigenvalue weighted by Gasteiger charge is 2.52. The monoisotopic (exact) mass is 522 g/mol. The molecule has 8 nitrogen and oxygen atoms in total. The van der Waals surface area contributed by atoms with Gasteiger partial charge in [-0.25, -0.2) is 0 Å². The Morgan fingerprint density at radius 3 is 2.28 bits per heavy atom. The van der Waals surface area contributed by atoms with Gasteiger partial charge in [-0.05, 0) is 59.6 Å². The third kappa shape index (κ3) is 4.19. The van der Waals surface area contributed by atoms with Crippen LogP contribution in [0.25, 0.3) is 0 Å². The van der Waals surface area contributed by atoms with E-state index in [-0.39, 0.29) is 34.4 Å². The molecular weight excluding hydrogens is 500 g/mol. The minimum atomic E-state index is -0.412. The lowest BCUT2D eigenvalue weighted by atomic mass is 9.73. The fourth-order valence-electron chi connectivity index (χ4n) is 5.13. The lowest BCUT2D eigenvalue weighted by Gasteiger charge is -2.35. The van der Waals surface area contributed by atoms with Crippen LogP contribution in [0.15, 0.2) is 92.6 Å². The van der Waals surface area contributed by atoms with E-state index < -0.39 is 16.0 Å². The van der Waals surface area contributed by atoms with E-state index in [2.05, 4.69) is 6.58 Å². The van der Waals surface area contributed by atoms with Crippen LogP contribution in [0, 0.1) is 26.1 Å². The number of ketones is 1. The number of carbonyl (C=O) groups excluding carboxylic acids is 1. The van der Waals surface area contributed by atoms with Gasteiger partial charge in [0.2, 0.25) is 0 Å². The number of rotatable bonds is 7. The molecule has 0 unspecified atom stereocenters. The molecule has 10 heteroatoms. The van der Waals surface area contributed by atoms with Crippen molar-refractivity contribution >= 4 is 40.7 Å². The molecule has 0 N–H and O–H groups in total. The summed E-state index contributed by atoms with van der Waals surface area (Å²) in [5.74, 6) is -0.230. The molecule has 3 aliphatic rings. The number of benzene rings is 2. The highest BCUT2D eigenvalue weighted by Crippen LogP contribution is 2.56. The van der Waals surface area contributed by atoms with E-state index in [1.54, 1.807) is 43.3 Å². The van der Waals surface area contributed by atoms with Crippen LogP contribution in [-0.2, 0) is 9.53 Å². The Morgan fingerprint density at radius 2 is 1.64 bits per heavy atom. The van der Waals surface area contributed by atoms with Gasteiger partial charge >= 0.3 is 0 Å². The summed E-state index contributed by atoms with van der Waals surface area (Å²) in [6.45, 7) is 5.83. The van der Waals surface area contributed by atoms with Gasteiger partial charge in [0.1, 0.15) is 18.0 Å². The zero-order chi connectivity index (χ0) is 25.6. The quantitative estimate of drug-likeness (QED) is 0.181. The van der Waals surface area contributed by atoms with Gasteiger partial charge in [-0.2, -0.15) is 0 Å². The molecule has 4 atom stereocenters. The predicted molar refractivity (Wildman–Crippen MR) is 138 cm³/mol. The molecule has 5 rings (SSSR count). The summed E-state index contributed by atoms with van der Waals surface area (Å²) in [4.78, 5) is 35.8. The first kappa shape index (κ1) is 24.5. The molecule has 0 radical (unpaired) electrons. The molecule has 2 aliphatic heterocycles. The molecule has 2 aromatic carbocycles. The highest BCUT2D eigenvalue weighted by molar-refractivity contribution is 8.02. The average Bonchev–Trinajstić information content (AvgIpc) is 3.39. The topological polar surface area (TPSA) is 113 Å². The largest absolute Gasteiger partial charge is 0.357 e. The summed E-state index contributed by atoms with van der Waals surface area (Å²) in [5, 5.41) is 24.6. The molecule has 2 bridgehead atoms. The van der Waals surface area contributed by atoms with Gasteiger partial charge in [0.15, 0.2) is 0 Å². The normalized spacial score (nSPS) is 25.8. The Bertz CT molecular complexity index is 1370. The Morgan fingerprint density at radius 1 is 1.03 bits per heavy atom. The van der Waals surface area contributed by atoms with E-state index in [1.807, 2.05) is 5.41 Å². The van der Waals surface area contributed by atoms with Crippen LogP contribution in [0.4, 0.5) is 11.4 Å². The first-order valence-electron chi connectivity index (χ1n) is 11.4. The molecule has 1 saturated heterocycles. The Kier molecular flexibility index (Phi) is 6.59. The molecule has 0 aromatic heterocycles. The van der Waals surface area contributed by atoms with Crippen LogP contribution < -0.4 is 0 Å². The van der Waals surface area contributed by atoms with Gasteiger partial charge in [0, 0.05) is 23.3 Å². The van der Waals surface area contributed by atoms with Gasteiger partial charge in [-0.3, -0.25) is 25.0 Å². The number of ether oxygens (including phenoxy) is 1. The standard InChI is InChI=1S/C26H22N2O6S2/c1-14-18(13-35-21-9-5-3-7-19(21)27(30)31)25-17-12-11-16(15(2)29)26(23(17)24(14)34-25)36-22-10-6-4-8-20(22)28(32)33/h3-10,13,16,24-26H,1,11-12H2,2H3/b18-13-/t16-,24-,25-,26-/m1/s1. The van der Waals surface area contributed by atoms with Gasteiger partial charge in [-0.1, -0.05) is 42.6 Å². The number of nitro benzene ring substituents is 2. The van der Waals surface area contributed by atoms with Crippen molar-refractivity contribution < 1.29 is 19.4 Å². The molecule has 0 saturated carbocycles. The van der Waals surface area contributed by atoms with Crippen LogP contribution in [0.1, 0.15) is 19.8 Å². The fourth-order valence-corrected chi connectivity index (χ4v) is 7.66. The number of fused-ring (bicyclic) bond motifs is 4. The molecule has 0 amide bonds. The number of nitrogens with zero attached hydrogens (tertiary/aromatic N) is 2. The Labute approximate surface area is 215 Å². The molecule has 2 aromatic rings. The van der Waals surface area contributed by atoms with E-state index >= 15 is 0 Å². The van der Waals surface area contributed by atoms with Gasteiger partial charge in [0.05, 0.1) is 19.6 Å². The van der Waals surface area contributed by atoms with E-state index in [0.29, 0.717) is 22.6 Å². The van der Waals surface area contributed by atoms with Crippen molar-refractivity contribution in [2.75, 3.05) is 0 Å². The van der Waals surface area contributed by atoms with Crippen LogP contribution in [-0.4, -0.2) is 33.1 Å². The molecule has 36 heavy (non-hydrogen) atoms. The summed E-state index contributed by atoms with van der Waals surface area (Å²) >= 11 is 2.62. The van der Waals surface area contributed by atoms with Crippen molar-refractivity contribution in [1.29, 1.82) is 0 Å². The smallest absolute Gasteiger partial charge is 0.283 e. The van der Waals surface area contributed by atoms with E-state index in [9.17, 15) is 25.0 Å². The molecule has 2 heterocycles. The molecular formula is C26H22N2O6S2. The molecule has 1 aliphatic carbocycles. The van der Waals surface area contributed by atoms with Crippen LogP contribution in [0.5, 0.6) is 0 Å². The lowest BCUT2D eigenvalue weighted by molar-refractivity contribution is -0.387. The van der Waals surface area contributed by atoms with Crippen molar-refractivity contribution in [3.8, 4) is 0 Å². The zero-order valence-corrected chi connectivity index (χ0v) is 20.9. The van der Waals surface area contributed by atoms with Crippen molar-refractivity contribution in [3.63, 3.8) is 0 Å². The molecule has 1 fully saturated rings. The Hall–Kier alpha value is -3.21. The van der Waals surface area contributed by atoms with Crippen LogP contribution in [0.3, 0.4) is 0 Å². The minimum absolute atomic E-state index is 0.0156. The number of para-hydroxylation sites is 2. The summed E-state index contributed by atoms with van der Waals surface area (Å²) in [6, 6.07) is 13.1. The zero-order valence-electron chi connectivity index (χ0n) is 19.3. The summed E-state index contributed by atoms with van der Waals surface area (Å²) in [7, 11) is 0. The number of thioether (sulfide) groups is 2. The summed E-state index contributed by atoms with van der Waals surface area (Å²) < 4.78 is 6.34. The van der Waals surface area contributed by atoms with Crippen LogP contribution in [0.2, 0.25) is 0 Å². The maximum atomic E-state index is 12.6. The van der Waals surface area contributed by atoms with Gasteiger partial charge in [0.25, 0.3) is 11.4 Å². The first-order chi connectivity index (χ1) is 17.3. The fraction of sp³-hybridized carbons (Fsp3) is 0.269. The lowest BCUT2D eigenvalue weighted by Crippen LogP contribution is -2.35. The first-order valence-corrected chi connectivity index (χ1v) is 13.1. The van der Waals surface area contributed by atoms with E-state index in [0.717, 1.165) is 22.3 Å². The third-order valence-corrected chi connectivity index (χ3v) is 9.23. The summed E-state index contributed by atoms with van der Waals surface area (Å²) in [5.41, 5.74) is 3.79. The second-order valence-electron chi connectivity index (χ2n) is 8.84. The predicted octanol–water partition coefficient (Wildman–Crippen LogP) is 6.27. The van der Waals surface area contributed by atoms with E-state index in [1.165, 1.54) is 35.7 Å². The number of hydrogen-bond donors (Lipinski definition) is 0. The summed E-state index contributed by atoms with van der Waals surface area (Å²) in [6.07, 6.45) is 0.588. The maximum Gasteiger partial charge on any atom is 0.283 e. The maximum absolute atomic E-state index is 12.6. The Balaban J connectivity index is 1.49. The average molecular weight is 523 g/mol. The second-order valence-corrected chi connectivity index (χ2v) is 10.9. The number of Topliss-reactive ketones (excluding diaryl/α,β-unsaturated/α-hetero) is 1. The van der Waals surface area contributed by atoms with E-state index in [4.69, 9.17) is 4.74 Å². The highest BCUT2D eigenvalue weighted by atomic mass is 32.2. The van der Waals surface area contributed by atoms with Gasteiger partial charge in [-0.15, -0.1) is 11.8 Å². The number of carbonyl (C=O) groups is 1. The second kappa shape index (κ2) is 9.68. The van der Waals surface area contributed by atoms with Crippen molar-refractivity contribution in [2.45, 2.75) is 47.0 Å². The molecule has 184 valence electrons.